The average molecular weight is 1000 g/mol. The number of nitrogens with two attached hydrogens (primary N) is 1. The summed E-state index contributed by atoms with van der Waals surface area (Å²) in [6, 6.07) is 0. The van der Waals surface area contributed by atoms with Crippen molar-refractivity contribution in [3.05, 3.63) is 12.7 Å². The van der Waals surface area contributed by atoms with Crippen molar-refractivity contribution in [1.82, 2.24) is 30.2 Å². The molecule has 65 heavy (non-hydrogen) atoms. The van der Waals surface area contributed by atoms with Crippen molar-refractivity contribution in [2.75, 3.05) is 44.4 Å². The number of hydrogen-bond donors (Lipinski definition) is 6. The number of aliphatic hydroxyl groups excluding tert-OH is 3. The number of carbonyl (C=O) groups excluding carboxylic acids is 3. The normalized spacial score (nSPS) is 20.3. The number of ether oxygens (including phenoxy) is 1. The van der Waals surface area contributed by atoms with Crippen LogP contribution in [0.3, 0.4) is 0 Å². The van der Waals surface area contributed by atoms with Crippen LogP contribution in [-0.2, 0) is 50.7 Å². The summed E-state index contributed by atoms with van der Waals surface area (Å²) in [5.74, 6) is -1.16. The maximum atomic E-state index is 12.6. The van der Waals surface area contributed by atoms with E-state index < -0.39 is 84.6 Å². The number of nitrogens with one attached hydrogen (secondary N) is 2. The first-order valence-electron chi connectivity index (χ1n) is 21.1. The quantitative estimate of drug-likeness (QED) is 0.0411. The number of aromatic nitrogens is 4. The highest BCUT2D eigenvalue weighted by Crippen LogP contribution is 2.56. The van der Waals surface area contributed by atoms with Crippen molar-refractivity contribution < 1.29 is 85.6 Å². The zero-order valence-corrected chi connectivity index (χ0v) is 39.8. The van der Waals surface area contributed by atoms with Gasteiger partial charge in [0.1, 0.15) is 36.3 Å². The monoisotopic (exact) mass is 1000 g/mol. The minimum Gasteiger partial charge on any atom is -0.790 e. The van der Waals surface area contributed by atoms with Crippen LogP contribution in [0.1, 0.15) is 110 Å². The third kappa shape index (κ3) is 20.7. The molecular weight excluding hydrogens is 943 g/mol. The van der Waals surface area contributed by atoms with E-state index in [9.17, 15) is 57.9 Å². The second-order valence-electron chi connectivity index (χ2n) is 15.9. The first-order chi connectivity index (χ1) is 30.6. The van der Waals surface area contributed by atoms with Crippen LogP contribution in [0.5, 0.6) is 0 Å². The van der Waals surface area contributed by atoms with E-state index in [4.69, 9.17) is 15.6 Å². The standard InChI is InChI=1S/C36H64N7O18P3S/c1-36(2,31(48)34(49)39-17-16-26(45)38-18-20-65-27(46)15-13-11-9-7-5-3-4-6-8-10-12-14-19-44)22-58-64(55,56)61-63(53,54)57-21-25-30(60-62(50,51)52)29(47)35(59-25)43-24-42-28-32(37)40-23-41-33(28)43/h23-25,29-31,35,44,47-48H,3-22H2,1-2H3,(H,38,45)(H,39,49)(H,53,54)(H,55,56)(H2,37,40,41)(H2,50,51,52)/p-4/t25-,29-,30-,31+,35-/m1/s1. The van der Waals surface area contributed by atoms with Gasteiger partial charge in [0.05, 0.1) is 27.4 Å². The van der Waals surface area contributed by atoms with Crippen LogP contribution < -0.4 is 35.9 Å². The Labute approximate surface area is 380 Å². The van der Waals surface area contributed by atoms with Gasteiger partial charge < -0.3 is 74.1 Å². The fourth-order valence-electron chi connectivity index (χ4n) is 6.49. The van der Waals surface area contributed by atoms with Gasteiger partial charge in [-0.2, -0.15) is 0 Å². The number of phosphoric ester groups is 3. The highest BCUT2D eigenvalue weighted by molar-refractivity contribution is 8.13. The summed E-state index contributed by atoms with van der Waals surface area (Å²) in [4.78, 5) is 96.7. The number of nitrogen functional groups attached to an aromatic ring is 1. The number of hydrogen-bond acceptors (Lipinski definition) is 23. The van der Waals surface area contributed by atoms with E-state index in [1.165, 1.54) is 52.4 Å². The fourth-order valence-corrected chi connectivity index (χ4v) is 9.95. The Kier molecular flexibility index (Phi) is 24.0. The molecule has 1 aliphatic rings. The third-order valence-corrected chi connectivity index (χ3v) is 14.0. The lowest BCUT2D eigenvalue weighted by Crippen LogP contribution is -2.46. The van der Waals surface area contributed by atoms with Gasteiger partial charge in [0.2, 0.25) is 11.8 Å². The van der Waals surface area contributed by atoms with Gasteiger partial charge in [0.25, 0.3) is 15.6 Å². The topological polar surface area (TPSA) is 395 Å². The summed E-state index contributed by atoms with van der Waals surface area (Å²) in [6.45, 7) is 0.412. The number of carbonyl (C=O) groups is 3. The Bertz CT molecular complexity index is 1960. The molecule has 2 unspecified atom stereocenters. The lowest BCUT2D eigenvalue weighted by atomic mass is 9.87. The Morgan fingerprint density at radius 1 is 0.892 bits per heavy atom. The number of imidazole rings is 1. The number of fused-ring (bicyclic) bond motifs is 1. The summed E-state index contributed by atoms with van der Waals surface area (Å²) >= 11 is 1.13. The summed E-state index contributed by atoms with van der Waals surface area (Å²) in [7, 11) is -17.6. The van der Waals surface area contributed by atoms with Crippen molar-refractivity contribution in [2.24, 2.45) is 5.41 Å². The SMILES string of the molecule is CC(C)(COP(=O)([O-])OP(=O)([O-])OC[C@H]1O[C@@H](n2cnc3c(N)ncnc32)[C@H](O)[C@@H]1OP(=O)([O-])[O-])[C@@H](O)C(=O)NCCC(=O)NCCSC(=O)CCCCCCCCCCCCCCO. The molecule has 1 aliphatic heterocycles. The zero-order chi connectivity index (χ0) is 48.3. The van der Waals surface area contributed by atoms with Crippen LogP contribution in [0.4, 0.5) is 5.82 Å². The number of phosphoric acid groups is 3. The minimum absolute atomic E-state index is 0.0207. The fraction of sp³-hybridized carbons (Fsp3) is 0.778. The molecule has 7 N–H and O–H groups in total. The van der Waals surface area contributed by atoms with Gasteiger partial charge in [-0.05, 0) is 12.8 Å². The molecule has 1 fully saturated rings. The number of anilines is 1. The zero-order valence-electron chi connectivity index (χ0n) is 36.3. The lowest BCUT2D eigenvalue weighted by Gasteiger charge is -2.36. The Morgan fingerprint density at radius 3 is 2.11 bits per heavy atom. The first kappa shape index (κ1) is 56.8. The van der Waals surface area contributed by atoms with Crippen LogP contribution in [-0.4, -0.2) is 115 Å². The number of nitrogens with zero attached hydrogens (tertiary/aromatic N) is 4. The summed E-state index contributed by atoms with van der Waals surface area (Å²) in [6.07, 6.45) is 6.15. The molecule has 3 heterocycles. The van der Waals surface area contributed by atoms with Gasteiger partial charge in [0.15, 0.2) is 22.8 Å². The van der Waals surface area contributed by atoms with Crippen molar-refractivity contribution in [3.8, 4) is 0 Å². The molecule has 0 saturated carbocycles. The summed E-state index contributed by atoms with van der Waals surface area (Å²) < 4.78 is 60.7. The van der Waals surface area contributed by atoms with Crippen molar-refractivity contribution in [2.45, 2.75) is 134 Å². The van der Waals surface area contributed by atoms with E-state index in [1.807, 2.05) is 0 Å². The number of rotatable bonds is 33. The van der Waals surface area contributed by atoms with Crippen LogP contribution in [0, 0.1) is 5.41 Å². The molecule has 3 rings (SSSR count). The van der Waals surface area contributed by atoms with Gasteiger partial charge in [-0.1, -0.05) is 89.8 Å². The highest BCUT2D eigenvalue weighted by atomic mass is 32.2. The molecule has 372 valence electrons. The van der Waals surface area contributed by atoms with Gasteiger partial charge in [-0.15, -0.1) is 0 Å². The van der Waals surface area contributed by atoms with E-state index in [1.54, 1.807) is 0 Å². The molecule has 0 radical (unpaired) electrons. The molecule has 7 atom stereocenters. The minimum atomic E-state index is -5.92. The van der Waals surface area contributed by atoms with Gasteiger partial charge in [-0.3, -0.25) is 28.1 Å². The second kappa shape index (κ2) is 27.5. The molecule has 0 bridgehead atoms. The van der Waals surface area contributed by atoms with E-state index in [2.05, 4.69) is 43.5 Å². The van der Waals surface area contributed by atoms with E-state index >= 15 is 0 Å². The van der Waals surface area contributed by atoms with Gasteiger partial charge in [-0.25, -0.2) is 19.3 Å². The molecule has 2 amide bonds. The van der Waals surface area contributed by atoms with Crippen LogP contribution >= 0.6 is 35.2 Å². The maximum absolute atomic E-state index is 12.6. The summed E-state index contributed by atoms with van der Waals surface area (Å²) in [5.41, 5.74) is 4.08. The van der Waals surface area contributed by atoms with E-state index in [-0.39, 0.29) is 48.2 Å². The van der Waals surface area contributed by atoms with Crippen molar-refractivity contribution in [3.63, 3.8) is 0 Å². The summed E-state index contributed by atoms with van der Waals surface area (Å²) in [5, 5.41) is 35.2. The lowest BCUT2D eigenvalue weighted by molar-refractivity contribution is -0.347. The first-order valence-corrected chi connectivity index (χ1v) is 26.5. The second-order valence-corrected chi connectivity index (χ2v) is 21.1. The predicted octanol–water partition coefficient (Wildman–Crippen LogP) is 0.200. The molecule has 29 heteroatoms. The maximum Gasteiger partial charge on any atom is 0.274 e. The average Bonchev–Trinajstić information content (AvgIpc) is 3.79. The third-order valence-electron chi connectivity index (χ3n) is 10.0. The number of thioether (sulfide) groups is 1. The number of aliphatic hydroxyl groups is 3. The number of amides is 2. The molecule has 25 nitrogen and oxygen atoms in total. The van der Waals surface area contributed by atoms with Gasteiger partial charge >= 0.3 is 0 Å². The highest BCUT2D eigenvalue weighted by Gasteiger charge is 2.47. The molecule has 2 aromatic heterocycles. The van der Waals surface area contributed by atoms with Crippen molar-refractivity contribution >= 4 is 69.1 Å². The Hall–Kier alpha value is -2.48. The molecule has 0 spiro atoms. The Morgan fingerprint density at radius 2 is 1.49 bits per heavy atom. The molecule has 0 aromatic carbocycles. The number of unbranched alkanes of at least 4 members (excludes halogenated alkanes) is 11. The smallest absolute Gasteiger partial charge is 0.274 e. The van der Waals surface area contributed by atoms with Crippen LogP contribution in [0.25, 0.3) is 11.2 Å². The van der Waals surface area contributed by atoms with Crippen LogP contribution in [0.2, 0.25) is 0 Å². The van der Waals surface area contributed by atoms with E-state index in [0.29, 0.717) is 12.2 Å². The van der Waals surface area contributed by atoms with Crippen molar-refractivity contribution in [1.29, 1.82) is 0 Å². The molecule has 0 aliphatic carbocycles. The predicted molar refractivity (Wildman–Crippen MR) is 225 cm³/mol. The molecule has 2 aromatic rings. The molecular formula is C36H60N7O18P3S-4. The molecule has 1 saturated heterocycles. The van der Waals surface area contributed by atoms with E-state index in [0.717, 1.165) is 67.5 Å². The largest absolute Gasteiger partial charge is 0.790 e. The Balaban J connectivity index is 1.32. The van der Waals surface area contributed by atoms with Gasteiger partial charge in [0, 0.05) is 43.7 Å². The van der Waals surface area contributed by atoms with Crippen LogP contribution in [0.15, 0.2) is 12.7 Å².